The van der Waals surface area contributed by atoms with Crippen LogP contribution in [0, 0.1) is 0 Å². The summed E-state index contributed by atoms with van der Waals surface area (Å²) < 4.78 is 18.2. The molecule has 0 aromatic heterocycles. The molecule has 1 aromatic carbocycles. The number of rotatable bonds is 13. The van der Waals surface area contributed by atoms with Gasteiger partial charge in [0.15, 0.2) is 0 Å². The summed E-state index contributed by atoms with van der Waals surface area (Å²) in [5, 5.41) is 0. The molecule has 0 N–H and O–H groups in total. The Hall–Kier alpha value is -0.751. The van der Waals surface area contributed by atoms with Gasteiger partial charge in [0.25, 0.3) is 0 Å². The van der Waals surface area contributed by atoms with E-state index in [-0.39, 0.29) is 11.4 Å². The van der Waals surface area contributed by atoms with Crippen molar-refractivity contribution in [2.45, 2.75) is 124 Å². The number of fused-ring (bicyclic) bond motifs is 2. The summed E-state index contributed by atoms with van der Waals surface area (Å²) in [5.74, 6) is 1.11. The zero-order chi connectivity index (χ0) is 26.2. The topological polar surface area (TPSA) is 38.8 Å². The van der Waals surface area contributed by atoms with E-state index in [4.69, 9.17) is 9.47 Å². The minimum atomic E-state index is -2.45. The summed E-state index contributed by atoms with van der Waals surface area (Å²) in [6.45, 7) is 16.5. The fourth-order valence-electron chi connectivity index (χ4n) is 6.32. The standard InChI is InChI=1S/C19H26NO3.3C4H9.Sn/c1-18(2,3)23-17(21)8-11-20-12-9-19(10-13-20)14-22-16-7-5-4-6-15(16)19;3*1-3-4-2;/h4,6-7H,8-14H2,1-3H3;3*1,3-4H2,2H3;. The first-order chi connectivity index (χ1) is 17.2. The van der Waals surface area contributed by atoms with E-state index in [1.54, 1.807) is 3.58 Å². The molecule has 36 heavy (non-hydrogen) atoms. The predicted molar refractivity (Wildman–Crippen MR) is 154 cm³/mol. The van der Waals surface area contributed by atoms with Crippen molar-refractivity contribution < 1.29 is 14.3 Å². The molecule has 1 aromatic rings. The van der Waals surface area contributed by atoms with Crippen molar-refractivity contribution in [1.82, 2.24) is 4.90 Å². The molecule has 2 aliphatic heterocycles. The number of unbranched alkanes of at least 4 members (excludes halogenated alkanes) is 3. The van der Waals surface area contributed by atoms with Crippen LogP contribution in [0.15, 0.2) is 18.2 Å². The van der Waals surface area contributed by atoms with Crippen LogP contribution < -0.4 is 8.32 Å². The summed E-state index contributed by atoms with van der Waals surface area (Å²) in [7, 11) is 0. The van der Waals surface area contributed by atoms with E-state index in [2.05, 4.69) is 43.9 Å². The molecule has 0 radical (unpaired) electrons. The monoisotopic (exact) mass is 607 g/mol. The SMILES string of the molecule is CCC[CH2][Sn]([CH2]CCC)([CH2]CCC)[c]1ccc2c(c1)OCC21CCN(CCC(=O)OC(C)(C)C)CC1. The average Bonchev–Trinajstić information content (AvgIpc) is 3.20. The Morgan fingerprint density at radius 3 is 2.11 bits per heavy atom. The summed E-state index contributed by atoms with van der Waals surface area (Å²) >= 11 is -2.45. The Labute approximate surface area is 225 Å². The molecule has 1 saturated heterocycles. The maximum atomic E-state index is 12.2. The Kier molecular flexibility index (Phi) is 11.1. The van der Waals surface area contributed by atoms with Gasteiger partial charge in [-0.25, -0.2) is 0 Å². The van der Waals surface area contributed by atoms with E-state index in [0.29, 0.717) is 6.42 Å². The van der Waals surface area contributed by atoms with Crippen LogP contribution >= 0.6 is 0 Å². The molecule has 204 valence electrons. The number of piperidine rings is 1. The van der Waals surface area contributed by atoms with E-state index in [0.717, 1.165) is 39.1 Å². The van der Waals surface area contributed by atoms with Gasteiger partial charge in [0, 0.05) is 0 Å². The first-order valence-corrected chi connectivity index (χ1v) is 22.4. The molecular formula is C31H53NO3Sn. The first-order valence-electron chi connectivity index (χ1n) is 14.9. The second-order valence-electron chi connectivity index (χ2n) is 12.5. The summed E-state index contributed by atoms with van der Waals surface area (Å²) in [5.41, 5.74) is 1.21. The first kappa shape index (κ1) is 29.8. The Morgan fingerprint density at radius 2 is 1.58 bits per heavy atom. The van der Waals surface area contributed by atoms with Gasteiger partial charge in [0.1, 0.15) is 5.60 Å². The number of esters is 1. The fourth-order valence-corrected chi connectivity index (χ4v) is 22.2. The molecule has 0 saturated carbocycles. The quantitative estimate of drug-likeness (QED) is 0.176. The van der Waals surface area contributed by atoms with Crippen molar-refractivity contribution in [2.75, 3.05) is 26.2 Å². The zero-order valence-electron chi connectivity index (χ0n) is 24.2. The fraction of sp³-hybridized carbons (Fsp3) is 0.774. The third-order valence-electron chi connectivity index (χ3n) is 8.56. The van der Waals surface area contributed by atoms with Gasteiger partial charge in [-0.05, 0) is 20.8 Å². The van der Waals surface area contributed by atoms with Gasteiger partial charge in [-0.3, -0.25) is 0 Å². The second-order valence-corrected chi connectivity index (χ2v) is 25.8. The number of likely N-dealkylation sites (tertiary alicyclic amines) is 1. The zero-order valence-corrected chi connectivity index (χ0v) is 27.1. The van der Waals surface area contributed by atoms with E-state index in [9.17, 15) is 4.79 Å². The van der Waals surface area contributed by atoms with Crippen LogP contribution in [0.3, 0.4) is 0 Å². The maximum absolute atomic E-state index is 12.2. The van der Waals surface area contributed by atoms with Crippen LogP contribution in [0.25, 0.3) is 0 Å². The number of carbonyl (C=O) groups excluding carboxylic acids is 1. The number of hydrogen-bond acceptors (Lipinski definition) is 4. The summed E-state index contributed by atoms with van der Waals surface area (Å²) in [6, 6.07) is 7.56. The molecule has 2 heterocycles. The third-order valence-corrected chi connectivity index (χ3v) is 24.2. The van der Waals surface area contributed by atoms with Crippen molar-refractivity contribution in [3.63, 3.8) is 0 Å². The normalized spacial score (nSPS) is 17.7. The van der Waals surface area contributed by atoms with Gasteiger partial charge >= 0.3 is 200 Å². The van der Waals surface area contributed by atoms with Gasteiger partial charge in [-0.15, -0.1) is 0 Å². The van der Waals surface area contributed by atoms with Crippen molar-refractivity contribution in [3.05, 3.63) is 23.8 Å². The number of hydrogen-bond donors (Lipinski definition) is 0. The van der Waals surface area contributed by atoms with Crippen LogP contribution in [-0.4, -0.2) is 61.1 Å². The van der Waals surface area contributed by atoms with Crippen LogP contribution in [0.1, 0.15) is 105 Å². The van der Waals surface area contributed by atoms with Gasteiger partial charge < -0.3 is 0 Å². The molecule has 0 atom stereocenters. The molecule has 3 rings (SSSR count). The molecule has 0 unspecified atom stereocenters. The van der Waals surface area contributed by atoms with E-state index >= 15 is 0 Å². The molecule has 0 aliphatic carbocycles. The number of benzene rings is 1. The Balaban J connectivity index is 1.70. The van der Waals surface area contributed by atoms with Crippen molar-refractivity contribution in [2.24, 2.45) is 0 Å². The Bertz CT molecular complexity index is 817. The molecule has 2 aliphatic rings. The van der Waals surface area contributed by atoms with E-state index < -0.39 is 24.0 Å². The van der Waals surface area contributed by atoms with E-state index in [1.807, 2.05) is 20.8 Å². The van der Waals surface area contributed by atoms with Crippen LogP contribution in [0.4, 0.5) is 0 Å². The average molecular weight is 606 g/mol. The van der Waals surface area contributed by atoms with Crippen LogP contribution in [0.2, 0.25) is 13.3 Å². The van der Waals surface area contributed by atoms with Crippen LogP contribution in [0.5, 0.6) is 5.75 Å². The molecule has 1 fully saturated rings. The van der Waals surface area contributed by atoms with Gasteiger partial charge in [-0.1, -0.05) is 0 Å². The molecule has 0 amide bonds. The van der Waals surface area contributed by atoms with Gasteiger partial charge in [0.2, 0.25) is 0 Å². The van der Waals surface area contributed by atoms with Crippen molar-refractivity contribution in [3.8, 4) is 5.75 Å². The van der Waals surface area contributed by atoms with Crippen LogP contribution in [-0.2, 0) is 14.9 Å². The van der Waals surface area contributed by atoms with Gasteiger partial charge in [0.05, 0.1) is 0 Å². The number of carbonyl (C=O) groups is 1. The number of ether oxygens (including phenoxy) is 2. The minimum absolute atomic E-state index is 0.0890. The van der Waals surface area contributed by atoms with Gasteiger partial charge in [-0.2, -0.15) is 0 Å². The number of nitrogens with zero attached hydrogens (tertiary/aromatic N) is 1. The molecule has 5 heteroatoms. The second kappa shape index (κ2) is 13.4. The third kappa shape index (κ3) is 7.65. The van der Waals surface area contributed by atoms with Crippen molar-refractivity contribution >= 4 is 27.9 Å². The predicted octanol–water partition coefficient (Wildman–Crippen LogP) is 7.20. The molecular weight excluding hydrogens is 553 g/mol. The summed E-state index contributed by atoms with van der Waals surface area (Å²) in [6.07, 6.45) is 10.8. The summed E-state index contributed by atoms with van der Waals surface area (Å²) in [4.78, 5) is 14.6. The molecule has 1 spiro atoms. The Morgan fingerprint density at radius 1 is 1.00 bits per heavy atom. The molecule has 0 bridgehead atoms. The van der Waals surface area contributed by atoms with Crippen molar-refractivity contribution in [1.29, 1.82) is 0 Å². The van der Waals surface area contributed by atoms with E-state index in [1.165, 1.54) is 63.1 Å². The molecule has 4 nitrogen and oxygen atoms in total.